The second-order valence-electron chi connectivity index (χ2n) is 3.74. The van der Waals surface area contributed by atoms with Crippen LogP contribution in [0.3, 0.4) is 0 Å². The highest BCUT2D eigenvalue weighted by Gasteiger charge is 2.20. The molecule has 0 amide bonds. The smallest absolute Gasteiger partial charge is 0.158 e. The molecule has 0 aromatic heterocycles. The van der Waals surface area contributed by atoms with Crippen LogP contribution in [0.2, 0.25) is 0 Å². The van der Waals surface area contributed by atoms with Gasteiger partial charge in [0.2, 0.25) is 0 Å². The molecule has 1 aliphatic carbocycles. The van der Waals surface area contributed by atoms with Crippen LogP contribution in [0.15, 0.2) is 18.2 Å². The normalized spacial score (nSPS) is 18.9. The number of hydrogen-bond donors (Lipinski definition) is 2. The van der Waals surface area contributed by atoms with E-state index in [2.05, 4.69) is 4.90 Å². The first kappa shape index (κ1) is 9.09. The maximum Gasteiger partial charge on any atom is 0.158 e. The van der Waals surface area contributed by atoms with E-state index in [0.29, 0.717) is 0 Å². The molecule has 0 saturated heterocycles. The van der Waals surface area contributed by atoms with Gasteiger partial charge in [0.05, 0.1) is 6.04 Å². The third kappa shape index (κ3) is 1.26. The van der Waals surface area contributed by atoms with Gasteiger partial charge in [-0.1, -0.05) is 12.2 Å². The zero-order chi connectivity index (χ0) is 10.3. The summed E-state index contributed by atoms with van der Waals surface area (Å²) < 4.78 is 0. The summed E-state index contributed by atoms with van der Waals surface area (Å²) in [5.74, 6) is -0.118. The third-order valence-electron chi connectivity index (χ3n) is 2.51. The molecule has 3 heteroatoms. The molecule has 3 nitrogen and oxygen atoms in total. The van der Waals surface area contributed by atoms with Gasteiger partial charge in [-0.05, 0) is 37.4 Å². The maximum atomic E-state index is 9.39. The predicted octanol–water partition coefficient (Wildman–Crippen LogP) is 1.73. The molecular weight excluding hydrogens is 178 g/mol. The lowest BCUT2D eigenvalue weighted by Crippen LogP contribution is -2.16. The monoisotopic (exact) mass is 191 g/mol. The van der Waals surface area contributed by atoms with Crippen molar-refractivity contribution in [3.8, 4) is 11.5 Å². The zero-order valence-electron chi connectivity index (χ0n) is 8.23. The van der Waals surface area contributed by atoms with Crippen LogP contribution >= 0.6 is 0 Å². The molecule has 1 unspecified atom stereocenters. The van der Waals surface area contributed by atoms with E-state index < -0.39 is 0 Å². The molecule has 1 aromatic carbocycles. The van der Waals surface area contributed by atoms with Gasteiger partial charge in [-0.25, -0.2) is 0 Å². The molecule has 1 aromatic rings. The van der Waals surface area contributed by atoms with E-state index in [9.17, 15) is 10.2 Å². The average Bonchev–Trinajstić information content (AvgIpc) is 2.48. The molecule has 0 bridgehead atoms. The number of phenolic OH excluding ortho intramolecular Hbond substituents is 2. The van der Waals surface area contributed by atoms with Gasteiger partial charge in [-0.3, -0.25) is 4.90 Å². The van der Waals surface area contributed by atoms with Crippen molar-refractivity contribution in [1.82, 2.24) is 4.90 Å². The molecule has 0 radical (unpaired) electrons. The van der Waals surface area contributed by atoms with Crippen LogP contribution in [0.5, 0.6) is 11.5 Å². The Morgan fingerprint density at radius 2 is 1.79 bits per heavy atom. The summed E-state index contributed by atoms with van der Waals surface area (Å²) in [5, 5.41) is 18.7. The molecule has 2 rings (SSSR count). The fraction of sp³-hybridized carbons (Fsp3) is 0.273. The molecule has 0 aliphatic heterocycles. The van der Waals surface area contributed by atoms with Gasteiger partial charge in [0.1, 0.15) is 0 Å². The Morgan fingerprint density at radius 3 is 2.43 bits per heavy atom. The van der Waals surface area contributed by atoms with Gasteiger partial charge in [-0.2, -0.15) is 0 Å². The Labute approximate surface area is 82.9 Å². The number of likely N-dealkylation sites (N-methyl/N-ethyl adjacent to an activating group) is 1. The largest absolute Gasteiger partial charge is 0.504 e. The number of nitrogens with zero attached hydrogens (tertiary/aromatic N) is 1. The molecule has 0 heterocycles. The second kappa shape index (κ2) is 3.03. The molecule has 1 aliphatic rings. The first-order valence-corrected chi connectivity index (χ1v) is 4.50. The Kier molecular flexibility index (Phi) is 1.97. The van der Waals surface area contributed by atoms with E-state index in [-0.39, 0.29) is 17.5 Å². The second-order valence-corrected chi connectivity index (χ2v) is 3.74. The lowest BCUT2D eigenvalue weighted by Gasteiger charge is -2.19. The molecule has 2 N–H and O–H groups in total. The predicted molar refractivity (Wildman–Crippen MR) is 55.2 cm³/mol. The first-order valence-electron chi connectivity index (χ1n) is 4.50. The van der Waals surface area contributed by atoms with Crippen LogP contribution in [-0.4, -0.2) is 29.2 Å². The molecule has 0 fully saturated rings. The quantitative estimate of drug-likeness (QED) is 0.664. The summed E-state index contributed by atoms with van der Waals surface area (Å²) in [4.78, 5) is 2.05. The van der Waals surface area contributed by atoms with Crippen molar-refractivity contribution >= 4 is 6.08 Å². The van der Waals surface area contributed by atoms with E-state index in [4.69, 9.17) is 0 Å². The van der Waals surface area contributed by atoms with Crippen molar-refractivity contribution in [3.63, 3.8) is 0 Å². The van der Waals surface area contributed by atoms with Gasteiger partial charge in [0.25, 0.3) is 0 Å². The van der Waals surface area contributed by atoms with E-state index in [1.165, 1.54) is 0 Å². The molecule has 1 atom stereocenters. The summed E-state index contributed by atoms with van der Waals surface area (Å²) in [6.07, 6.45) is 4.00. The number of aromatic hydroxyl groups is 2. The van der Waals surface area contributed by atoms with Crippen LogP contribution in [-0.2, 0) is 0 Å². The lowest BCUT2D eigenvalue weighted by molar-refractivity contribution is 0.352. The van der Waals surface area contributed by atoms with Crippen molar-refractivity contribution < 1.29 is 10.2 Å². The first-order chi connectivity index (χ1) is 6.59. The minimum atomic E-state index is -0.0622. The highest BCUT2D eigenvalue weighted by atomic mass is 16.3. The van der Waals surface area contributed by atoms with Crippen molar-refractivity contribution in [2.45, 2.75) is 6.04 Å². The number of rotatable bonds is 1. The molecule has 74 valence electrons. The molecule has 0 saturated carbocycles. The van der Waals surface area contributed by atoms with E-state index >= 15 is 0 Å². The Morgan fingerprint density at radius 1 is 1.14 bits per heavy atom. The minimum Gasteiger partial charge on any atom is -0.504 e. The van der Waals surface area contributed by atoms with Gasteiger partial charge in [-0.15, -0.1) is 0 Å². The Hall–Kier alpha value is -1.48. The summed E-state index contributed by atoms with van der Waals surface area (Å²) in [6.45, 7) is 0. The number of fused-ring (bicyclic) bond motifs is 1. The van der Waals surface area contributed by atoms with Crippen LogP contribution in [0.25, 0.3) is 6.08 Å². The third-order valence-corrected chi connectivity index (χ3v) is 2.51. The lowest BCUT2D eigenvalue weighted by atomic mass is 10.1. The maximum absolute atomic E-state index is 9.39. The number of hydrogen-bond acceptors (Lipinski definition) is 3. The van der Waals surface area contributed by atoms with Crippen LogP contribution in [0, 0.1) is 0 Å². The summed E-state index contributed by atoms with van der Waals surface area (Å²) in [7, 11) is 3.96. The van der Waals surface area contributed by atoms with E-state index in [0.717, 1.165) is 11.1 Å². The Bertz CT molecular complexity index is 397. The number of phenols is 2. The van der Waals surface area contributed by atoms with E-state index in [1.54, 1.807) is 12.1 Å². The summed E-state index contributed by atoms with van der Waals surface area (Å²) in [5.41, 5.74) is 2.00. The molecule has 0 spiro atoms. The van der Waals surface area contributed by atoms with Crippen LogP contribution in [0.1, 0.15) is 17.2 Å². The number of benzene rings is 1. The fourth-order valence-corrected chi connectivity index (χ4v) is 1.76. The summed E-state index contributed by atoms with van der Waals surface area (Å²) >= 11 is 0. The molecule has 14 heavy (non-hydrogen) atoms. The van der Waals surface area contributed by atoms with Crippen molar-refractivity contribution in [2.75, 3.05) is 14.1 Å². The topological polar surface area (TPSA) is 43.7 Å². The van der Waals surface area contributed by atoms with Crippen LogP contribution in [0.4, 0.5) is 0 Å². The SMILES string of the molecule is CN(C)C1C=Cc2cc(O)c(O)cc21. The van der Waals surface area contributed by atoms with Gasteiger partial charge in [0, 0.05) is 0 Å². The summed E-state index contributed by atoms with van der Waals surface area (Å²) in [6, 6.07) is 3.40. The average molecular weight is 191 g/mol. The van der Waals surface area contributed by atoms with Crippen molar-refractivity contribution in [2.24, 2.45) is 0 Å². The van der Waals surface area contributed by atoms with Gasteiger partial charge < -0.3 is 10.2 Å². The van der Waals surface area contributed by atoms with Gasteiger partial charge >= 0.3 is 0 Å². The fourth-order valence-electron chi connectivity index (χ4n) is 1.76. The van der Waals surface area contributed by atoms with Crippen LogP contribution < -0.4 is 0 Å². The highest BCUT2D eigenvalue weighted by molar-refractivity contribution is 5.66. The highest BCUT2D eigenvalue weighted by Crippen LogP contribution is 2.38. The molecular formula is C11H13NO2. The van der Waals surface area contributed by atoms with Crippen molar-refractivity contribution in [1.29, 1.82) is 0 Å². The van der Waals surface area contributed by atoms with Crippen molar-refractivity contribution in [3.05, 3.63) is 29.3 Å². The van der Waals surface area contributed by atoms with Gasteiger partial charge in [0.15, 0.2) is 11.5 Å². The standard InChI is InChI=1S/C11H13NO2/c1-12(2)9-4-3-7-5-10(13)11(14)6-8(7)9/h3-6,9,13-14H,1-2H3. The Balaban J connectivity index is 2.50. The zero-order valence-corrected chi connectivity index (χ0v) is 8.23. The van der Waals surface area contributed by atoms with E-state index in [1.807, 2.05) is 26.2 Å². The minimum absolute atomic E-state index is 0.0562.